The van der Waals surface area contributed by atoms with Crippen molar-refractivity contribution in [1.82, 2.24) is 9.97 Å². The Morgan fingerprint density at radius 2 is 1.91 bits per heavy atom. The van der Waals surface area contributed by atoms with Crippen LogP contribution in [0.2, 0.25) is 0 Å². The average Bonchev–Trinajstić information content (AvgIpc) is 3.01. The Morgan fingerprint density at radius 1 is 1.09 bits per heavy atom. The Labute approximate surface area is 136 Å². The monoisotopic (exact) mass is 309 g/mol. The van der Waals surface area contributed by atoms with Crippen molar-refractivity contribution in [2.45, 2.75) is 37.6 Å². The summed E-state index contributed by atoms with van der Waals surface area (Å²) in [5.74, 6) is 1.71. The second-order valence-corrected chi connectivity index (χ2v) is 6.62. The lowest BCUT2D eigenvalue weighted by molar-refractivity contribution is 0.594. The van der Waals surface area contributed by atoms with E-state index < -0.39 is 0 Å². The molecule has 1 aliphatic carbocycles. The predicted molar refractivity (Wildman–Crippen MR) is 92.5 cm³/mol. The van der Waals surface area contributed by atoms with E-state index in [9.17, 15) is 0 Å². The summed E-state index contributed by atoms with van der Waals surface area (Å²) in [5.41, 5.74) is 15.8. The van der Waals surface area contributed by atoms with Crippen LogP contribution >= 0.6 is 0 Å². The number of anilines is 2. The quantitative estimate of drug-likeness (QED) is 0.887. The molecule has 5 heteroatoms. The average molecular weight is 309 g/mol. The molecule has 5 nitrogen and oxygen atoms in total. The summed E-state index contributed by atoms with van der Waals surface area (Å²) < 4.78 is 0. The topological polar surface area (TPSA) is 81.1 Å². The van der Waals surface area contributed by atoms with Crippen LogP contribution in [0.5, 0.6) is 0 Å². The summed E-state index contributed by atoms with van der Waals surface area (Å²) in [4.78, 5) is 11.5. The van der Waals surface area contributed by atoms with Gasteiger partial charge in [-0.05, 0) is 31.2 Å². The molecule has 120 valence electrons. The van der Waals surface area contributed by atoms with Crippen molar-refractivity contribution in [1.29, 1.82) is 0 Å². The van der Waals surface area contributed by atoms with Gasteiger partial charge in [-0.3, -0.25) is 0 Å². The second-order valence-electron chi connectivity index (χ2n) is 6.62. The number of nitrogen functional groups attached to an aromatic ring is 1. The lowest BCUT2D eigenvalue weighted by Gasteiger charge is -2.29. The second kappa shape index (κ2) is 5.81. The van der Waals surface area contributed by atoms with Crippen molar-refractivity contribution in [2.75, 3.05) is 23.7 Å². The van der Waals surface area contributed by atoms with Crippen LogP contribution in [0.1, 0.15) is 42.0 Å². The number of hydrogen-bond donors (Lipinski definition) is 2. The van der Waals surface area contributed by atoms with Gasteiger partial charge in [0, 0.05) is 30.6 Å². The molecule has 4 rings (SSSR count). The van der Waals surface area contributed by atoms with Gasteiger partial charge < -0.3 is 16.4 Å². The standard InChI is InChI=1S/C18H23N5/c19-13-9-10-23(11-13)17-15-8-4-7-14(12-5-2-1-3-6-12)16(15)21-18(20)22-17/h1-3,5-6,13-14H,4,7-11,19H2,(H2,20,21,22). The zero-order valence-electron chi connectivity index (χ0n) is 13.3. The van der Waals surface area contributed by atoms with Crippen LogP contribution in [-0.4, -0.2) is 29.1 Å². The molecule has 2 heterocycles. The highest BCUT2D eigenvalue weighted by molar-refractivity contribution is 5.56. The molecule has 1 saturated heterocycles. The fourth-order valence-electron chi connectivity index (χ4n) is 3.91. The SMILES string of the molecule is Nc1nc2c(c(N3CCC(N)C3)n1)CCCC2c1ccccc1. The van der Waals surface area contributed by atoms with Crippen LogP contribution in [-0.2, 0) is 6.42 Å². The number of aromatic nitrogens is 2. The molecule has 1 fully saturated rings. The van der Waals surface area contributed by atoms with Crippen molar-refractivity contribution >= 4 is 11.8 Å². The Bertz CT molecular complexity index is 700. The molecule has 2 aliphatic rings. The molecule has 23 heavy (non-hydrogen) atoms. The highest BCUT2D eigenvalue weighted by Crippen LogP contribution is 2.39. The maximum atomic E-state index is 6.08. The summed E-state index contributed by atoms with van der Waals surface area (Å²) in [5, 5.41) is 0. The predicted octanol–water partition coefficient (Wildman–Crippen LogP) is 2.06. The first kappa shape index (κ1) is 14.5. The first-order chi connectivity index (χ1) is 11.2. The van der Waals surface area contributed by atoms with Gasteiger partial charge in [0.1, 0.15) is 5.82 Å². The number of hydrogen-bond acceptors (Lipinski definition) is 5. The maximum absolute atomic E-state index is 6.08. The molecular weight excluding hydrogens is 286 g/mol. The van der Waals surface area contributed by atoms with E-state index in [1.165, 1.54) is 11.1 Å². The first-order valence-electron chi connectivity index (χ1n) is 8.44. The van der Waals surface area contributed by atoms with Crippen molar-refractivity contribution < 1.29 is 0 Å². The van der Waals surface area contributed by atoms with Gasteiger partial charge >= 0.3 is 0 Å². The van der Waals surface area contributed by atoms with Gasteiger partial charge in [-0.1, -0.05) is 30.3 Å². The van der Waals surface area contributed by atoms with Crippen LogP contribution in [0.25, 0.3) is 0 Å². The number of nitrogens with two attached hydrogens (primary N) is 2. The normalized spacial score (nSPS) is 23.8. The van der Waals surface area contributed by atoms with E-state index >= 15 is 0 Å². The van der Waals surface area contributed by atoms with Gasteiger partial charge in [0.25, 0.3) is 0 Å². The number of fused-ring (bicyclic) bond motifs is 1. The molecule has 1 aromatic heterocycles. The molecule has 1 aliphatic heterocycles. The zero-order valence-corrected chi connectivity index (χ0v) is 13.3. The van der Waals surface area contributed by atoms with Crippen LogP contribution in [0.3, 0.4) is 0 Å². The van der Waals surface area contributed by atoms with E-state index in [0.717, 1.165) is 50.3 Å². The zero-order chi connectivity index (χ0) is 15.8. The highest BCUT2D eigenvalue weighted by Gasteiger charge is 2.30. The van der Waals surface area contributed by atoms with Crippen molar-refractivity contribution in [3.05, 3.63) is 47.2 Å². The van der Waals surface area contributed by atoms with E-state index in [4.69, 9.17) is 11.5 Å². The Hall–Kier alpha value is -2.14. The van der Waals surface area contributed by atoms with E-state index in [1.807, 2.05) is 0 Å². The molecule has 4 N–H and O–H groups in total. The van der Waals surface area contributed by atoms with Crippen molar-refractivity contribution in [3.63, 3.8) is 0 Å². The van der Waals surface area contributed by atoms with Crippen molar-refractivity contribution in [3.8, 4) is 0 Å². The van der Waals surface area contributed by atoms with E-state index in [0.29, 0.717) is 11.9 Å². The van der Waals surface area contributed by atoms with Crippen LogP contribution in [0, 0.1) is 0 Å². The van der Waals surface area contributed by atoms with E-state index in [-0.39, 0.29) is 6.04 Å². The molecule has 0 amide bonds. The third-order valence-electron chi connectivity index (χ3n) is 5.01. The van der Waals surface area contributed by atoms with Crippen LogP contribution in [0.15, 0.2) is 30.3 Å². The van der Waals surface area contributed by atoms with Gasteiger partial charge in [-0.2, -0.15) is 4.98 Å². The molecule has 2 unspecified atom stereocenters. The minimum absolute atomic E-state index is 0.232. The molecule has 0 bridgehead atoms. The number of rotatable bonds is 2. The lowest BCUT2D eigenvalue weighted by Crippen LogP contribution is -2.29. The summed E-state index contributed by atoms with van der Waals surface area (Å²) >= 11 is 0. The van der Waals surface area contributed by atoms with Crippen LogP contribution in [0.4, 0.5) is 11.8 Å². The van der Waals surface area contributed by atoms with E-state index in [1.54, 1.807) is 0 Å². The van der Waals surface area contributed by atoms with Gasteiger partial charge in [0.05, 0.1) is 5.69 Å². The molecule has 2 aromatic rings. The summed E-state index contributed by atoms with van der Waals surface area (Å²) in [6, 6.07) is 10.8. The smallest absolute Gasteiger partial charge is 0.222 e. The van der Waals surface area contributed by atoms with Crippen molar-refractivity contribution in [2.24, 2.45) is 5.73 Å². The molecule has 0 saturated carbocycles. The summed E-state index contributed by atoms with van der Waals surface area (Å²) in [6.45, 7) is 1.82. The Balaban J connectivity index is 1.79. The summed E-state index contributed by atoms with van der Waals surface area (Å²) in [7, 11) is 0. The lowest BCUT2D eigenvalue weighted by atomic mass is 9.82. The molecular formula is C18H23N5. The molecule has 1 aromatic carbocycles. The molecule has 0 spiro atoms. The van der Waals surface area contributed by atoms with Crippen LogP contribution < -0.4 is 16.4 Å². The maximum Gasteiger partial charge on any atom is 0.222 e. The first-order valence-corrected chi connectivity index (χ1v) is 8.44. The molecule has 0 radical (unpaired) electrons. The minimum Gasteiger partial charge on any atom is -0.368 e. The largest absolute Gasteiger partial charge is 0.368 e. The van der Waals surface area contributed by atoms with E-state index in [2.05, 4.69) is 45.2 Å². The van der Waals surface area contributed by atoms with Gasteiger partial charge in [0.2, 0.25) is 5.95 Å². The fourth-order valence-corrected chi connectivity index (χ4v) is 3.91. The Morgan fingerprint density at radius 3 is 2.65 bits per heavy atom. The third-order valence-corrected chi connectivity index (χ3v) is 5.01. The minimum atomic E-state index is 0.232. The van der Waals surface area contributed by atoms with Gasteiger partial charge in [0.15, 0.2) is 0 Å². The summed E-state index contributed by atoms with van der Waals surface area (Å²) in [6.07, 6.45) is 4.32. The third kappa shape index (κ3) is 2.65. The highest BCUT2D eigenvalue weighted by atomic mass is 15.2. The number of benzene rings is 1. The fraction of sp³-hybridized carbons (Fsp3) is 0.444. The Kier molecular flexibility index (Phi) is 3.65. The molecule has 2 atom stereocenters. The van der Waals surface area contributed by atoms with Gasteiger partial charge in [-0.25, -0.2) is 4.98 Å². The van der Waals surface area contributed by atoms with Gasteiger partial charge in [-0.15, -0.1) is 0 Å². The number of nitrogens with zero attached hydrogens (tertiary/aromatic N) is 3.